The molecule has 0 aliphatic carbocycles. The number of phenols is 1. The maximum atomic E-state index is 12.6. The van der Waals surface area contributed by atoms with Gasteiger partial charge in [-0.05, 0) is 31.2 Å². The summed E-state index contributed by atoms with van der Waals surface area (Å²) < 4.78 is 6.25. The van der Waals surface area contributed by atoms with E-state index in [4.69, 9.17) is 4.74 Å². The van der Waals surface area contributed by atoms with Gasteiger partial charge in [0, 0.05) is 0 Å². The van der Waals surface area contributed by atoms with Crippen molar-refractivity contribution in [2.75, 3.05) is 12.4 Å². The molecule has 2 aromatic carbocycles. The molecule has 0 fully saturated rings. The third-order valence-electron chi connectivity index (χ3n) is 3.76. The van der Waals surface area contributed by atoms with Crippen molar-refractivity contribution in [2.45, 2.75) is 6.92 Å². The van der Waals surface area contributed by atoms with E-state index in [1.54, 1.807) is 30.3 Å². The van der Waals surface area contributed by atoms with E-state index in [2.05, 4.69) is 10.4 Å². The predicted octanol–water partition coefficient (Wildman–Crippen LogP) is 2.51. The average molecular weight is 351 g/mol. The lowest BCUT2D eigenvalue weighted by Crippen LogP contribution is -2.26. The average Bonchev–Trinajstić information content (AvgIpc) is 2.64. The Balaban J connectivity index is 2.04. The second-order valence-electron chi connectivity index (χ2n) is 5.62. The maximum Gasteiger partial charge on any atom is 0.280 e. The van der Waals surface area contributed by atoms with E-state index >= 15 is 0 Å². The summed E-state index contributed by atoms with van der Waals surface area (Å²) in [7, 11) is 1.35. The number of methoxy groups -OCH3 is 1. The lowest BCUT2D eigenvalue weighted by molar-refractivity contribution is 0.101. The molecule has 1 amide bonds. The number of ether oxygens (including phenoxy) is 1. The minimum absolute atomic E-state index is 0.0475. The summed E-state index contributed by atoms with van der Waals surface area (Å²) in [6, 6.07) is 14.7. The topological polar surface area (TPSA) is 93.5 Å². The monoisotopic (exact) mass is 351 g/mol. The maximum absolute atomic E-state index is 12.6. The van der Waals surface area contributed by atoms with E-state index in [1.165, 1.54) is 19.2 Å². The molecule has 0 atom stereocenters. The summed E-state index contributed by atoms with van der Waals surface area (Å²) in [5.74, 6) is -0.637. The smallest absolute Gasteiger partial charge is 0.280 e. The number of carbonyl (C=O) groups is 1. The van der Waals surface area contributed by atoms with Crippen LogP contribution in [0.4, 0.5) is 5.69 Å². The Labute approximate surface area is 149 Å². The number of aryl methyl sites for hydroxylation is 1. The molecule has 0 saturated carbocycles. The number of aromatic nitrogens is 2. The highest BCUT2D eigenvalue weighted by molar-refractivity contribution is 6.05. The summed E-state index contributed by atoms with van der Waals surface area (Å²) in [4.78, 5) is 24.9. The highest BCUT2D eigenvalue weighted by atomic mass is 16.5. The van der Waals surface area contributed by atoms with Crippen LogP contribution in [0.25, 0.3) is 5.69 Å². The van der Waals surface area contributed by atoms with Crippen LogP contribution in [-0.4, -0.2) is 27.9 Å². The number of nitrogens with one attached hydrogen (secondary N) is 1. The van der Waals surface area contributed by atoms with Gasteiger partial charge >= 0.3 is 0 Å². The normalized spacial score (nSPS) is 10.4. The molecule has 3 aromatic rings. The lowest BCUT2D eigenvalue weighted by Gasteiger charge is -2.12. The largest absolute Gasteiger partial charge is 0.506 e. The zero-order valence-corrected chi connectivity index (χ0v) is 14.3. The molecule has 0 saturated heterocycles. The first-order valence-electron chi connectivity index (χ1n) is 7.84. The standard InChI is InChI=1S/C19H17N3O4/c1-12-7-9-13(10-8-12)22-17(24)11-16(26-2)18(21-22)19(25)20-14-5-3-4-6-15(14)23/h3-11,23H,1-2H3,(H,20,25). The van der Waals surface area contributed by atoms with Crippen molar-refractivity contribution in [1.29, 1.82) is 0 Å². The van der Waals surface area contributed by atoms with Gasteiger partial charge in [0.05, 0.1) is 24.6 Å². The first kappa shape index (κ1) is 17.2. The molecule has 7 heteroatoms. The molecular weight excluding hydrogens is 334 g/mol. The molecular formula is C19H17N3O4. The molecule has 132 valence electrons. The highest BCUT2D eigenvalue weighted by Gasteiger charge is 2.19. The molecule has 0 bridgehead atoms. The Morgan fingerprint density at radius 2 is 1.85 bits per heavy atom. The minimum Gasteiger partial charge on any atom is -0.506 e. The number of hydrogen-bond donors (Lipinski definition) is 2. The van der Waals surface area contributed by atoms with Crippen LogP contribution >= 0.6 is 0 Å². The number of para-hydroxylation sites is 2. The third kappa shape index (κ3) is 3.41. The van der Waals surface area contributed by atoms with Crippen molar-refractivity contribution in [3.8, 4) is 17.2 Å². The van der Waals surface area contributed by atoms with Crippen LogP contribution in [0.3, 0.4) is 0 Å². The van der Waals surface area contributed by atoms with Gasteiger partial charge in [0.1, 0.15) is 5.75 Å². The van der Waals surface area contributed by atoms with E-state index in [9.17, 15) is 14.7 Å². The molecule has 0 aliphatic rings. The fraction of sp³-hybridized carbons (Fsp3) is 0.105. The number of carbonyl (C=O) groups excluding carboxylic acids is 1. The molecule has 26 heavy (non-hydrogen) atoms. The zero-order valence-electron chi connectivity index (χ0n) is 14.3. The Kier molecular flexibility index (Phi) is 4.70. The number of nitrogens with zero attached hydrogens (tertiary/aromatic N) is 2. The Hall–Kier alpha value is -3.61. The van der Waals surface area contributed by atoms with Crippen molar-refractivity contribution in [3.05, 3.63) is 76.2 Å². The van der Waals surface area contributed by atoms with Gasteiger partial charge < -0.3 is 15.2 Å². The molecule has 0 aliphatic heterocycles. The highest BCUT2D eigenvalue weighted by Crippen LogP contribution is 2.23. The predicted molar refractivity (Wildman–Crippen MR) is 97.2 cm³/mol. The van der Waals surface area contributed by atoms with Gasteiger partial charge in [0.15, 0.2) is 11.4 Å². The first-order valence-corrected chi connectivity index (χ1v) is 7.84. The van der Waals surface area contributed by atoms with Gasteiger partial charge in [0.25, 0.3) is 11.5 Å². The molecule has 7 nitrogen and oxygen atoms in total. The molecule has 0 unspecified atom stereocenters. The van der Waals surface area contributed by atoms with E-state index in [0.29, 0.717) is 5.69 Å². The van der Waals surface area contributed by atoms with Crippen LogP contribution in [0, 0.1) is 6.92 Å². The molecule has 1 aromatic heterocycles. The lowest BCUT2D eigenvalue weighted by atomic mass is 10.2. The first-order chi connectivity index (χ1) is 12.5. The Morgan fingerprint density at radius 1 is 1.15 bits per heavy atom. The van der Waals surface area contributed by atoms with Crippen LogP contribution in [0.5, 0.6) is 11.5 Å². The summed E-state index contributed by atoms with van der Waals surface area (Å²) in [6.45, 7) is 1.93. The van der Waals surface area contributed by atoms with Crippen molar-refractivity contribution >= 4 is 11.6 Å². The molecule has 1 heterocycles. The van der Waals surface area contributed by atoms with Crippen LogP contribution in [0.2, 0.25) is 0 Å². The number of phenolic OH excluding ortho intramolecular Hbond substituents is 1. The summed E-state index contributed by atoms with van der Waals surface area (Å²) in [6.07, 6.45) is 0. The number of aromatic hydroxyl groups is 1. The van der Waals surface area contributed by atoms with E-state index < -0.39 is 11.5 Å². The summed E-state index contributed by atoms with van der Waals surface area (Å²) in [5.41, 5.74) is 1.29. The fourth-order valence-electron chi connectivity index (χ4n) is 2.38. The van der Waals surface area contributed by atoms with Gasteiger partial charge in [-0.1, -0.05) is 29.8 Å². The van der Waals surface area contributed by atoms with Crippen LogP contribution < -0.4 is 15.6 Å². The van der Waals surface area contributed by atoms with Crippen molar-refractivity contribution in [2.24, 2.45) is 0 Å². The molecule has 0 radical (unpaired) electrons. The van der Waals surface area contributed by atoms with Crippen LogP contribution in [0.15, 0.2) is 59.4 Å². The van der Waals surface area contributed by atoms with Crippen molar-refractivity contribution < 1.29 is 14.6 Å². The number of anilines is 1. The zero-order chi connectivity index (χ0) is 18.7. The Morgan fingerprint density at radius 3 is 2.50 bits per heavy atom. The van der Waals surface area contributed by atoms with E-state index in [0.717, 1.165) is 10.2 Å². The summed E-state index contributed by atoms with van der Waals surface area (Å²) in [5, 5.41) is 16.5. The third-order valence-corrected chi connectivity index (χ3v) is 3.76. The van der Waals surface area contributed by atoms with Gasteiger partial charge in [-0.3, -0.25) is 9.59 Å². The second-order valence-corrected chi connectivity index (χ2v) is 5.62. The quantitative estimate of drug-likeness (QED) is 0.705. The SMILES string of the molecule is COc1cc(=O)n(-c2ccc(C)cc2)nc1C(=O)Nc1ccccc1O. The fourth-order valence-corrected chi connectivity index (χ4v) is 2.38. The Bertz CT molecular complexity index is 1010. The second kappa shape index (κ2) is 7.10. The number of amides is 1. The van der Waals surface area contributed by atoms with Gasteiger partial charge in [0.2, 0.25) is 0 Å². The molecule has 3 rings (SSSR count). The number of benzene rings is 2. The van der Waals surface area contributed by atoms with Gasteiger partial charge in [-0.25, -0.2) is 0 Å². The van der Waals surface area contributed by atoms with Crippen LogP contribution in [-0.2, 0) is 0 Å². The van der Waals surface area contributed by atoms with Crippen LogP contribution in [0.1, 0.15) is 16.1 Å². The minimum atomic E-state index is -0.607. The molecule has 2 N–H and O–H groups in total. The number of hydrogen-bond acceptors (Lipinski definition) is 5. The van der Waals surface area contributed by atoms with Gasteiger partial charge in [-0.15, -0.1) is 0 Å². The molecule has 0 spiro atoms. The number of rotatable bonds is 4. The van der Waals surface area contributed by atoms with Gasteiger partial charge in [-0.2, -0.15) is 9.78 Å². The van der Waals surface area contributed by atoms with Crippen molar-refractivity contribution in [3.63, 3.8) is 0 Å². The summed E-state index contributed by atoms with van der Waals surface area (Å²) >= 11 is 0. The van der Waals surface area contributed by atoms with Crippen molar-refractivity contribution in [1.82, 2.24) is 9.78 Å². The van der Waals surface area contributed by atoms with E-state index in [1.807, 2.05) is 19.1 Å². The van der Waals surface area contributed by atoms with E-state index in [-0.39, 0.29) is 22.9 Å².